The van der Waals surface area contributed by atoms with Crippen molar-refractivity contribution >= 4 is 9.84 Å². The third kappa shape index (κ3) is 4.03. The predicted octanol–water partition coefficient (Wildman–Crippen LogP) is 0.495. The molecular formula is C11H24N2O2S. The van der Waals surface area contributed by atoms with Crippen LogP contribution >= 0.6 is 0 Å². The molecule has 0 aliphatic carbocycles. The summed E-state index contributed by atoms with van der Waals surface area (Å²) >= 11 is 0. The number of nitrogens with zero attached hydrogens (tertiary/aromatic N) is 1. The highest BCUT2D eigenvalue weighted by molar-refractivity contribution is 7.90. The number of nitrogens with one attached hydrogen (secondary N) is 1. The predicted molar refractivity (Wildman–Crippen MR) is 67.5 cm³/mol. The van der Waals surface area contributed by atoms with Crippen LogP contribution in [0.2, 0.25) is 0 Å². The Kier molecular flexibility index (Phi) is 4.76. The highest BCUT2D eigenvalue weighted by Gasteiger charge is 2.31. The molecule has 0 aromatic carbocycles. The van der Waals surface area contributed by atoms with Crippen LogP contribution in [0, 0.1) is 0 Å². The largest absolute Gasteiger partial charge is 0.309 e. The fourth-order valence-electron chi connectivity index (χ4n) is 2.25. The molecule has 1 N–H and O–H groups in total. The summed E-state index contributed by atoms with van der Waals surface area (Å²) in [5, 5.41) is 3.57. The number of rotatable bonds is 5. The Morgan fingerprint density at radius 2 is 1.94 bits per heavy atom. The smallest absolute Gasteiger partial charge is 0.148 e. The van der Waals surface area contributed by atoms with Crippen LogP contribution < -0.4 is 5.32 Å². The second-order valence-corrected chi connectivity index (χ2v) is 7.08. The van der Waals surface area contributed by atoms with E-state index in [0.29, 0.717) is 6.54 Å². The van der Waals surface area contributed by atoms with Crippen LogP contribution in [0.25, 0.3) is 0 Å². The molecule has 0 bridgehead atoms. The van der Waals surface area contributed by atoms with Crippen molar-refractivity contribution in [2.45, 2.75) is 32.2 Å². The topological polar surface area (TPSA) is 49.4 Å². The fraction of sp³-hybridized carbons (Fsp3) is 1.00. The Labute approximate surface area is 99.3 Å². The summed E-state index contributed by atoms with van der Waals surface area (Å²) in [5.74, 6) is 0.274. The first-order valence-electron chi connectivity index (χ1n) is 6.06. The molecule has 1 heterocycles. The van der Waals surface area contributed by atoms with Gasteiger partial charge in [0.05, 0.1) is 5.75 Å². The zero-order valence-electron chi connectivity index (χ0n) is 10.6. The maximum Gasteiger partial charge on any atom is 0.148 e. The molecule has 0 aromatic heterocycles. The summed E-state index contributed by atoms with van der Waals surface area (Å²) in [4.78, 5) is 2.27. The van der Waals surface area contributed by atoms with E-state index >= 15 is 0 Å². The van der Waals surface area contributed by atoms with E-state index in [2.05, 4.69) is 24.1 Å². The number of hydrogen-bond donors (Lipinski definition) is 1. The van der Waals surface area contributed by atoms with Crippen molar-refractivity contribution in [3.63, 3.8) is 0 Å². The molecule has 0 amide bonds. The second-order valence-electron chi connectivity index (χ2n) is 4.82. The zero-order valence-corrected chi connectivity index (χ0v) is 11.4. The first-order valence-corrected chi connectivity index (χ1v) is 8.12. The van der Waals surface area contributed by atoms with E-state index in [1.54, 1.807) is 0 Å². The van der Waals surface area contributed by atoms with Crippen molar-refractivity contribution in [1.29, 1.82) is 0 Å². The van der Waals surface area contributed by atoms with Crippen molar-refractivity contribution in [2.75, 3.05) is 38.2 Å². The molecule has 1 aliphatic rings. The Bertz CT molecular complexity index is 310. The van der Waals surface area contributed by atoms with Crippen LogP contribution in [-0.4, -0.2) is 57.0 Å². The van der Waals surface area contributed by atoms with Gasteiger partial charge in [-0.25, -0.2) is 8.42 Å². The first kappa shape index (κ1) is 13.9. The minimum atomic E-state index is -2.84. The zero-order chi connectivity index (χ0) is 12.2. The Hall–Kier alpha value is -0.130. The average Bonchev–Trinajstić information content (AvgIpc) is 2.26. The molecule has 0 atom stereocenters. The second kappa shape index (κ2) is 5.47. The molecule has 0 radical (unpaired) electrons. The highest BCUT2D eigenvalue weighted by Crippen LogP contribution is 2.19. The summed E-state index contributed by atoms with van der Waals surface area (Å²) in [6, 6.07) is 0. The number of hydrogen-bond acceptors (Lipinski definition) is 4. The minimum absolute atomic E-state index is 0.190. The van der Waals surface area contributed by atoms with Gasteiger partial charge in [-0.3, -0.25) is 4.90 Å². The van der Waals surface area contributed by atoms with Gasteiger partial charge in [0.15, 0.2) is 0 Å². The first-order chi connectivity index (χ1) is 7.41. The van der Waals surface area contributed by atoms with E-state index in [-0.39, 0.29) is 11.3 Å². The van der Waals surface area contributed by atoms with Gasteiger partial charge in [0.2, 0.25) is 0 Å². The van der Waals surface area contributed by atoms with E-state index in [0.717, 1.165) is 32.5 Å². The molecule has 0 aromatic rings. The normalized spacial score (nSPS) is 22.2. The van der Waals surface area contributed by atoms with Gasteiger partial charge >= 0.3 is 0 Å². The van der Waals surface area contributed by atoms with Gasteiger partial charge < -0.3 is 5.32 Å². The SMILES string of the molecule is CCC1(CC)CN(CCS(C)(=O)=O)CCN1. The van der Waals surface area contributed by atoms with Gasteiger partial charge in [-0.15, -0.1) is 0 Å². The highest BCUT2D eigenvalue weighted by atomic mass is 32.2. The molecule has 1 rings (SSSR count). The van der Waals surface area contributed by atoms with Crippen molar-refractivity contribution in [3.8, 4) is 0 Å². The summed E-state index contributed by atoms with van der Waals surface area (Å²) in [6.45, 7) is 7.94. The molecular weight excluding hydrogens is 224 g/mol. The molecule has 1 fully saturated rings. The van der Waals surface area contributed by atoms with E-state index in [1.165, 1.54) is 6.26 Å². The molecule has 5 heteroatoms. The fourth-order valence-corrected chi connectivity index (χ4v) is 2.84. The van der Waals surface area contributed by atoms with E-state index in [4.69, 9.17) is 0 Å². The molecule has 16 heavy (non-hydrogen) atoms. The van der Waals surface area contributed by atoms with Gasteiger partial charge in [0.1, 0.15) is 9.84 Å². The van der Waals surface area contributed by atoms with Gasteiger partial charge in [-0.1, -0.05) is 13.8 Å². The van der Waals surface area contributed by atoms with Crippen LogP contribution in [0.15, 0.2) is 0 Å². The third-order valence-corrected chi connectivity index (χ3v) is 4.51. The molecule has 96 valence electrons. The van der Waals surface area contributed by atoms with E-state index in [1.807, 2.05) is 0 Å². The molecule has 0 saturated carbocycles. The average molecular weight is 248 g/mol. The quantitative estimate of drug-likeness (QED) is 0.769. The van der Waals surface area contributed by atoms with Crippen molar-refractivity contribution < 1.29 is 8.42 Å². The van der Waals surface area contributed by atoms with Crippen LogP contribution in [0.3, 0.4) is 0 Å². The Balaban J connectivity index is 2.50. The Morgan fingerprint density at radius 1 is 1.31 bits per heavy atom. The van der Waals surface area contributed by atoms with E-state index in [9.17, 15) is 8.42 Å². The number of sulfone groups is 1. The monoisotopic (exact) mass is 248 g/mol. The van der Waals surface area contributed by atoms with Crippen LogP contribution in [0.5, 0.6) is 0 Å². The van der Waals surface area contributed by atoms with Gasteiger partial charge in [0.25, 0.3) is 0 Å². The van der Waals surface area contributed by atoms with Crippen molar-refractivity contribution in [1.82, 2.24) is 10.2 Å². The molecule has 4 nitrogen and oxygen atoms in total. The van der Waals surface area contributed by atoms with Crippen molar-refractivity contribution in [3.05, 3.63) is 0 Å². The summed E-state index contributed by atoms with van der Waals surface area (Å²) in [7, 11) is -2.84. The molecule has 1 saturated heterocycles. The molecule has 1 aliphatic heterocycles. The lowest BCUT2D eigenvalue weighted by Gasteiger charge is -2.43. The number of piperazine rings is 1. The summed E-state index contributed by atoms with van der Waals surface area (Å²) < 4.78 is 22.3. The van der Waals surface area contributed by atoms with Gasteiger partial charge in [-0.2, -0.15) is 0 Å². The standard InChI is InChI=1S/C11H24N2O2S/c1-4-11(5-2)10-13(7-6-12-11)8-9-16(3,14)15/h12H,4-10H2,1-3H3. The summed E-state index contributed by atoms with van der Waals surface area (Å²) in [5.41, 5.74) is 0.190. The lowest BCUT2D eigenvalue weighted by atomic mass is 9.90. The van der Waals surface area contributed by atoms with Gasteiger partial charge in [0, 0.05) is 38.0 Å². The maximum atomic E-state index is 11.1. The van der Waals surface area contributed by atoms with Crippen molar-refractivity contribution in [2.24, 2.45) is 0 Å². The lowest BCUT2D eigenvalue weighted by Crippen LogP contribution is -2.60. The van der Waals surface area contributed by atoms with Crippen LogP contribution in [0.4, 0.5) is 0 Å². The maximum absolute atomic E-state index is 11.1. The van der Waals surface area contributed by atoms with Gasteiger partial charge in [-0.05, 0) is 12.8 Å². The molecule has 0 spiro atoms. The summed E-state index contributed by atoms with van der Waals surface area (Å²) in [6.07, 6.45) is 3.50. The Morgan fingerprint density at radius 3 is 2.44 bits per heavy atom. The van der Waals surface area contributed by atoms with Crippen LogP contribution in [-0.2, 0) is 9.84 Å². The minimum Gasteiger partial charge on any atom is -0.309 e. The third-order valence-electron chi connectivity index (χ3n) is 3.59. The molecule has 0 unspecified atom stereocenters. The van der Waals surface area contributed by atoms with E-state index < -0.39 is 9.84 Å². The van der Waals surface area contributed by atoms with Crippen LogP contribution in [0.1, 0.15) is 26.7 Å². The lowest BCUT2D eigenvalue weighted by molar-refractivity contribution is 0.130.